The van der Waals surface area contributed by atoms with Gasteiger partial charge in [0.1, 0.15) is 11.6 Å². The molecular formula is C23H17ClFN3O2. The highest BCUT2D eigenvalue weighted by Gasteiger charge is 2.13. The van der Waals surface area contributed by atoms with Gasteiger partial charge < -0.3 is 5.32 Å². The van der Waals surface area contributed by atoms with E-state index in [-0.39, 0.29) is 23.6 Å². The first kappa shape index (κ1) is 19.8. The summed E-state index contributed by atoms with van der Waals surface area (Å²) in [5, 5.41) is 3.61. The zero-order valence-corrected chi connectivity index (χ0v) is 16.8. The summed E-state index contributed by atoms with van der Waals surface area (Å²) in [4.78, 5) is 29.8. The van der Waals surface area contributed by atoms with Gasteiger partial charge in [-0.2, -0.15) is 0 Å². The van der Waals surface area contributed by atoms with Gasteiger partial charge in [0.05, 0.1) is 28.7 Å². The molecule has 0 atom stereocenters. The maximum Gasteiger partial charge on any atom is 0.265 e. The number of rotatable bonds is 4. The van der Waals surface area contributed by atoms with Crippen molar-refractivity contribution in [1.29, 1.82) is 0 Å². The monoisotopic (exact) mass is 421 g/mol. The first-order chi connectivity index (χ1) is 14.4. The molecule has 0 aliphatic carbocycles. The molecule has 4 rings (SSSR count). The summed E-state index contributed by atoms with van der Waals surface area (Å²) in [5.74, 6) is -0.513. The van der Waals surface area contributed by atoms with Crippen molar-refractivity contribution in [2.75, 3.05) is 5.32 Å². The van der Waals surface area contributed by atoms with Crippen LogP contribution in [0.3, 0.4) is 0 Å². The molecule has 1 heterocycles. The minimum atomic E-state index is -0.595. The minimum Gasteiger partial charge on any atom is -0.323 e. The maximum atomic E-state index is 14.4. The molecule has 30 heavy (non-hydrogen) atoms. The van der Waals surface area contributed by atoms with Gasteiger partial charge in [0.25, 0.3) is 5.56 Å². The number of anilines is 1. The summed E-state index contributed by atoms with van der Waals surface area (Å²) >= 11 is 5.85. The van der Waals surface area contributed by atoms with Crippen LogP contribution in [0.4, 0.5) is 10.1 Å². The largest absolute Gasteiger partial charge is 0.323 e. The molecule has 5 nitrogen and oxygen atoms in total. The van der Waals surface area contributed by atoms with Gasteiger partial charge in [-0.25, -0.2) is 9.37 Å². The molecule has 1 amide bonds. The molecule has 0 aliphatic rings. The second-order valence-corrected chi connectivity index (χ2v) is 7.27. The van der Waals surface area contributed by atoms with E-state index in [4.69, 9.17) is 11.6 Å². The molecule has 3 aromatic carbocycles. The predicted molar refractivity (Wildman–Crippen MR) is 116 cm³/mol. The van der Waals surface area contributed by atoms with E-state index in [9.17, 15) is 14.0 Å². The van der Waals surface area contributed by atoms with Crippen LogP contribution in [-0.4, -0.2) is 15.5 Å². The fraction of sp³-hybridized carbons (Fsp3) is 0.0870. The number of para-hydroxylation sites is 1. The van der Waals surface area contributed by atoms with Gasteiger partial charge in [0.2, 0.25) is 5.91 Å². The zero-order chi connectivity index (χ0) is 21.3. The van der Waals surface area contributed by atoms with Crippen LogP contribution in [0.15, 0.2) is 71.5 Å². The van der Waals surface area contributed by atoms with Crippen LogP contribution < -0.4 is 10.9 Å². The molecule has 0 saturated carbocycles. The van der Waals surface area contributed by atoms with E-state index in [1.165, 1.54) is 22.8 Å². The van der Waals surface area contributed by atoms with Crippen molar-refractivity contribution >= 4 is 34.1 Å². The lowest BCUT2D eigenvalue weighted by Crippen LogP contribution is -2.23. The number of carbonyl (C=O) groups is 1. The third-order valence-electron chi connectivity index (χ3n) is 4.70. The molecule has 0 bridgehead atoms. The van der Waals surface area contributed by atoms with Crippen LogP contribution in [0, 0.1) is 12.7 Å². The Morgan fingerprint density at radius 3 is 2.60 bits per heavy atom. The lowest BCUT2D eigenvalue weighted by molar-refractivity contribution is -0.115. The summed E-state index contributed by atoms with van der Waals surface area (Å²) in [7, 11) is 0. The number of benzene rings is 3. The second kappa shape index (κ2) is 8.08. The van der Waals surface area contributed by atoms with Crippen LogP contribution in [0.5, 0.6) is 0 Å². The highest BCUT2D eigenvalue weighted by atomic mass is 35.5. The Labute approximate surface area is 176 Å². The second-order valence-electron chi connectivity index (χ2n) is 6.83. The first-order valence-electron chi connectivity index (χ1n) is 9.25. The summed E-state index contributed by atoms with van der Waals surface area (Å²) in [5.41, 5.74) is 1.49. The fourth-order valence-corrected chi connectivity index (χ4v) is 3.40. The maximum absolute atomic E-state index is 14.4. The van der Waals surface area contributed by atoms with Gasteiger partial charge in [-0.1, -0.05) is 35.9 Å². The zero-order valence-electron chi connectivity index (χ0n) is 16.0. The van der Waals surface area contributed by atoms with Crippen LogP contribution in [0.1, 0.15) is 11.4 Å². The number of aryl methyl sites for hydroxylation is 1. The normalized spacial score (nSPS) is 10.9. The Balaban J connectivity index is 1.67. The number of carbonyl (C=O) groups excluding carboxylic acids is 1. The average molecular weight is 422 g/mol. The van der Waals surface area contributed by atoms with Crippen molar-refractivity contribution in [2.24, 2.45) is 0 Å². The highest BCUT2D eigenvalue weighted by Crippen LogP contribution is 2.20. The van der Waals surface area contributed by atoms with Gasteiger partial charge in [-0.15, -0.1) is 0 Å². The van der Waals surface area contributed by atoms with Crippen molar-refractivity contribution in [1.82, 2.24) is 9.55 Å². The van der Waals surface area contributed by atoms with E-state index in [1.54, 1.807) is 49.4 Å². The first-order valence-corrected chi connectivity index (χ1v) is 9.63. The Hall–Kier alpha value is -3.51. The SMILES string of the molecule is Cc1nc2ccccc2c(=O)n1-c1ccc(F)c(NC(=O)Cc2ccc(Cl)cc2)c1. The summed E-state index contributed by atoms with van der Waals surface area (Å²) in [6.45, 7) is 1.70. The number of nitrogens with zero attached hydrogens (tertiary/aromatic N) is 2. The van der Waals surface area contributed by atoms with Gasteiger partial charge >= 0.3 is 0 Å². The number of aromatic nitrogens is 2. The number of hydrogen-bond donors (Lipinski definition) is 1. The topological polar surface area (TPSA) is 64.0 Å². The van der Waals surface area contributed by atoms with Crippen LogP contribution in [0.25, 0.3) is 16.6 Å². The lowest BCUT2D eigenvalue weighted by Gasteiger charge is -2.13. The van der Waals surface area contributed by atoms with Crippen molar-refractivity contribution < 1.29 is 9.18 Å². The van der Waals surface area contributed by atoms with Gasteiger partial charge in [0.15, 0.2) is 0 Å². The molecule has 1 aromatic heterocycles. The molecule has 0 fully saturated rings. The third-order valence-corrected chi connectivity index (χ3v) is 4.96. The molecular weight excluding hydrogens is 405 g/mol. The summed E-state index contributed by atoms with van der Waals surface area (Å²) in [6, 6.07) is 18.0. The van der Waals surface area contributed by atoms with Gasteiger partial charge in [0, 0.05) is 5.02 Å². The summed E-state index contributed by atoms with van der Waals surface area (Å²) < 4.78 is 15.8. The number of halogens is 2. The molecule has 0 saturated heterocycles. The number of hydrogen-bond acceptors (Lipinski definition) is 3. The smallest absolute Gasteiger partial charge is 0.265 e. The molecule has 7 heteroatoms. The number of fused-ring (bicyclic) bond motifs is 1. The Morgan fingerprint density at radius 2 is 1.83 bits per heavy atom. The molecule has 4 aromatic rings. The van der Waals surface area contributed by atoms with Crippen molar-refractivity contribution in [3.05, 3.63) is 99.3 Å². The van der Waals surface area contributed by atoms with E-state index in [1.807, 2.05) is 6.07 Å². The molecule has 1 N–H and O–H groups in total. The van der Waals surface area contributed by atoms with Crippen molar-refractivity contribution in [3.63, 3.8) is 0 Å². The lowest BCUT2D eigenvalue weighted by atomic mass is 10.1. The van der Waals surface area contributed by atoms with E-state index in [0.717, 1.165) is 5.56 Å². The Morgan fingerprint density at radius 1 is 1.10 bits per heavy atom. The van der Waals surface area contributed by atoms with Crippen LogP contribution >= 0.6 is 11.6 Å². The van der Waals surface area contributed by atoms with Crippen molar-refractivity contribution in [3.8, 4) is 5.69 Å². The van der Waals surface area contributed by atoms with Gasteiger partial charge in [-0.05, 0) is 55.0 Å². The molecule has 150 valence electrons. The summed E-state index contributed by atoms with van der Waals surface area (Å²) in [6.07, 6.45) is 0.0668. The third kappa shape index (κ3) is 3.95. The van der Waals surface area contributed by atoms with E-state index < -0.39 is 5.82 Å². The number of nitrogens with one attached hydrogen (secondary N) is 1. The molecule has 0 radical (unpaired) electrons. The molecule has 0 aliphatic heterocycles. The van der Waals surface area contributed by atoms with E-state index >= 15 is 0 Å². The average Bonchev–Trinajstić information content (AvgIpc) is 2.72. The quantitative estimate of drug-likeness (QED) is 0.521. The molecule has 0 spiro atoms. The van der Waals surface area contributed by atoms with Gasteiger partial charge in [-0.3, -0.25) is 14.2 Å². The Bertz CT molecular complexity index is 1320. The van der Waals surface area contributed by atoms with E-state index in [0.29, 0.717) is 27.4 Å². The van der Waals surface area contributed by atoms with E-state index in [2.05, 4.69) is 10.3 Å². The standard InChI is InChI=1S/C23H17ClFN3O2/c1-14-26-20-5-3-2-4-18(20)23(30)28(14)17-10-11-19(25)21(13-17)27-22(29)12-15-6-8-16(24)9-7-15/h2-11,13H,12H2,1H3,(H,27,29). The highest BCUT2D eigenvalue weighted by molar-refractivity contribution is 6.30. The van der Waals surface area contributed by atoms with Crippen molar-refractivity contribution in [2.45, 2.75) is 13.3 Å². The minimum absolute atomic E-state index is 0.00841. The Kier molecular flexibility index (Phi) is 5.33. The predicted octanol–water partition coefficient (Wildman–Crippen LogP) is 4.67. The van der Waals surface area contributed by atoms with Crippen LogP contribution in [0.2, 0.25) is 5.02 Å². The number of amides is 1. The van der Waals surface area contributed by atoms with Crippen LogP contribution in [-0.2, 0) is 11.2 Å². The fourth-order valence-electron chi connectivity index (χ4n) is 3.28. The molecule has 0 unspecified atom stereocenters.